The van der Waals surface area contributed by atoms with Gasteiger partial charge in [-0.2, -0.15) is 13.2 Å². The van der Waals surface area contributed by atoms with Crippen molar-refractivity contribution in [1.29, 1.82) is 0 Å². The number of hydrogen-bond donors (Lipinski definition) is 3. The number of aromatic carboxylic acids is 1. The topological polar surface area (TPSA) is 100 Å². The molecular weight excluding hydrogens is 406 g/mol. The number of carboxylic acid groups (broad SMARTS) is 1. The Bertz CT molecular complexity index is 1070. The molecule has 11 heteroatoms. The van der Waals surface area contributed by atoms with E-state index in [0.29, 0.717) is 12.6 Å². The molecule has 0 amide bonds. The molecule has 0 fully saturated rings. The van der Waals surface area contributed by atoms with E-state index in [9.17, 15) is 27.5 Å². The van der Waals surface area contributed by atoms with Crippen molar-refractivity contribution >= 4 is 22.8 Å². The zero-order valence-electron chi connectivity index (χ0n) is 15.7. The van der Waals surface area contributed by atoms with E-state index in [-0.39, 0.29) is 34.5 Å². The summed E-state index contributed by atoms with van der Waals surface area (Å²) in [6, 6.07) is 2.76. The SMILES string of the molecule is CCNC[C@@H](Nc1ncnc2c(C(=O)O)ccnc12)c1cc(F)cc(C(F)(F)F)c1. The number of carboxylic acids is 1. The minimum Gasteiger partial charge on any atom is -0.478 e. The summed E-state index contributed by atoms with van der Waals surface area (Å²) in [5, 5.41) is 15.3. The molecule has 3 aromatic rings. The quantitative estimate of drug-likeness (QED) is 0.499. The fourth-order valence-corrected chi connectivity index (χ4v) is 2.92. The van der Waals surface area contributed by atoms with Crippen molar-refractivity contribution < 1.29 is 27.5 Å². The Morgan fingerprint density at radius 2 is 1.93 bits per heavy atom. The molecule has 3 N–H and O–H groups in total. The highest BCUT2D eigenvalue weighted by Gasteiger charge is 2.32. The molecule has 3 rings (SSSR count). The molecule has 0 saturated heterocycles. The van der Waals surface area contributed by atoms with Crippen molar-refractivity contribution in [1.82, 2.24) is 20.3 Å². The van der Waals surface area contributed by atoms with E-state index in [0.717, 1.165) is 18.5 Å². The number of aromatic nitrogens is 3. The lowest BCUT2D eigenvalue weighted by Crippen LogP contribution is -2.27. The maximum atomic E-state index is 13.9. The molecule has 7 nitrogen and oxygen atoms in total. The van der Waals surface area contributed by atoms with Crippen LogP contribution in [0.5, 0.6) is 0 Å². The lowest BCUT2D eigenvalue weighted by atomic mass is 10.0. The number of fused-ring (bicyclic) bond motifs is 1. The molecule has 0 saturated carbocycles. The summed E-state index contributed by atoms with van der Waals surface area (Å²) in [5.41, 5.74) is -0.964. The van der Waals surface area contributed by atoms with Crippen LogP contribution in [0.4, 0.5) is 23.4 Å². The Labute approximate surface area is 168 Å². The zero-order valence-corrected chi connectivity index (χ0v) is 15.7. The first-order valence-corrected chi connectivity index (χ1v) is 8.88. The molecule has 0 bridgehead atoms. The number of pyridine rings is 1. The molecule has 2 heterocycles. The highest BCUT2D eigenvalue weighted by atomic mass is 19.4. The number of halogens is 4. The van der Waals surface area contributed by atoms with Gasteiger partial charge in [-0.1, -0.05) is 6.92 Å². The Kier molecular flexibility index (Phi) is 6.11. The first-order chi connectivity index (χ1) is 14.2. The summed E-state index contributed by atoms with van der Waals surface area (Å²) in [4.78, 5) is 23.5. The molecule has 1 aromatic carbocycles. The molecule has 0 aliphatic carbocycles. The van der Waals surface area contributed by atoms with Gasteiger partial charge < -0.3 is 15.7 Å². The van der Waals surface area contributed by atoms with Crippen molar-refractivity contribution in [3.63, 3.8) is 0 Å². The molecule has 1 atom stereocenters. The lowest BCUT2D eigenvalue weighted by Gasteiger charge is -2.22. The average Bonchev–Trinajstić information content (AvgIpc) is 2.69. The van der Waals surface area contributed by atoms with Gasteiger partial charge in [-0.05, 0) is 36.4 Å². The van der Waals surface area contributed by atoms with Gasteiger partial charge in [0.05, 0.1) is 17.2 Å². The molecule has 30 heavy (non-hydrogen) atoms. The van der Waals surface area contributed by atoms with Gasteiger partial charge in [-0.25, -0.2) is 19.2 Å². The van der Waals surface area contributed by atoms with Crippen molar-refractivity contribution in [3.8, 4) is 0 Å². The third kappa shape index (κ3) is 4.62. The van der Waals surface area contributed by atoms with Crippen LogP contribution in [0.3, 0.4) is 0 Å². The van der Waals surface area contributed by atoms with Crippen LogP contribution in [0.15, 0.2) is 36.8 Å². The van der Waals surface area contributed by atoms with Gasteiger partial charge in [0.2, 0.25) is 0 Å². The maximum Gasteiger partial charge on any atom is 0.416 e. The van der Waals surface area contributed by atoms with Gasteiger partial charge in [0.15, 0.2) is 5.82 Å². The second-order valence-electron chi connectivity index (χ2n) is 6.36. The Morgan fingerprint density at radius 1 is 1.17 bits per heavy atom. The van der Waals surface area contributed by atoms with E-state index in [1.54, 1.807) is 0 Å². The summed E-state index contributed by atoms with van der Waals surface area (Å²) >= 11 is 0. The fourth-order valence-electron chi connectivity index (χ4n) is 2.92. The van der Waals surface area contributed by atoms with E-state index in [1.165, 1.54) is 12.3 Å². The van der Waals surface area contributed by atoms with E-state index >= 15 is 0 Å². The molecule has 2 aromatic heterocycles. The predicted molar refractivity (Wildman–Crippen MR) is 101 cm³/mol. The van der Waals surface area contributed by atoms with Gasteiger partial charge in [0.1, 0.15) is 23.2 Å². The monoisotopic (exact) mass is 423 g/mol. The number of carbonyl (C=O) groups is 1. The van der Waals surface area contributed by atoms with Crippen LogP contribution >= 0.6 is 0 Å². The third-order valence-corrected chi connectivity index (χ3v) is 4.31. The third-order valence-electron chi connectivity index (χ3n) is 4.31. The lowest BCUT2D eigenvalue weighted by molar-refractivity contribution is -0.137. The largest absolute Gasteiger partial charge is 0.478 e. The normalized spacial score (nSPS) is 12.7. The van der Waals surface area contributed by atoms with Crippen LogP contribution < -0.4 is 10.6 Å². The number of nitrogens with zero attached hydrogens (tertiary/aromatic N) is 3. The number of hydrogen-bond acceptors (Lipinski definition) is 6. The second kappa shape index (κ2) is 8.57. The van der Waals surface area contributed by atoms with Crippen molar-refractivity contribution in [2.24, 2.45) is 0 Å². The van der Waals surface area contributed by atoms with E-state index in [4.69, 9.17) is 0 Å². The van der Waals surface area contributed by atoms with Crippen LogP contribution in [0.1, 0.15) is 34.5 Å². The predicted octanol–water partition coefficient (Wildman–Crippen LogP) is 3.64. The molecule has 0 aliphatic rings. The molecule has 158 valence electrons. The Morgan fingerprint density at radius 3 is 2.60 bits per heavy atom. The average molecular weight is 423 g/mol. The van der Waals surface area contributed by atoms with Crippen LogP contribution in [-0.4, -0.2) is 39.1 Å². The van der Waals surface area contributed by atoms with Crippen molar-refractivity contribution in [3.05, 3.63) is 59.3 Å². The number of anilines is 1. The summed E-state index contributed by atoms with van der Waals surface area (Å²) < 4.78 is 53.3. The fraction of sp³-hybridized carbons (Fsp3) is 0.263. The summed E-state index contributed by atoms with van der Waals surface area (Å²) in [7, 11) is 0. The van der Waals surface area contributed by atoms with Gasteiger partial charge in [0, 0.05) is 12.7 Å². The summed E-state index contributed by atoms with van der Waals surface area (Å²) in [5.74, 6) is -2.12. The van der Waals surface area contributed by atoms with Gasteiger partial charge in [-0.3, -0.25) is 4.98 Å². The standard InChI is InChI=1S/C19H17F4N5O2/c1-2-24-8-14(10-5-11(19(21,22)23)7-12(20)6-10)28-17-16-15(26-9-27-17)13(18(29)30)3-4-25-16/h3-7,9,14,24H,2,8H2,1H3,(H,29,30)(H,26,27,28)/t14-/m1/s1. The van der Waals surface area contributed by atoms with E-state index in [2.05, 4.69) is 25.6 Å². The van der Waals surface area contributed by atoms with Crippen LogP contribution in [-0.2, 0) is 6.18 Å². The highest BCUT2D eigenvalue weighted by molar-refractivity contribution is 6.02. The van der Waals surface area contributed by atoms with Crippen molar-refractivity contribution in [2.75, 3.05) is 18.4 Å². The first kappa shape index (κ1) is 21.4. The van der Waals surface area contributed by atoms with E-state index in [1.807, 2.05) is 6.92 Å². The molecular formula is C19H17F4N5O2. The number of rotatable bonds is 7. The van der Waals surface area contributed by atoms with Gasteiger partial charge in [0.25, 0.3) is 0 Å². The smallest absolute Gasteiger partial charge is 0.416 e. The highest BCUT2D eigenvalue weighted by Crippen LogP contribution is 2.33. The molecule has 0 aliphatic heterocycles. The Balaban J connectivity index is 2.06. The van der Waals surface area contributed by atoms with Crippen molar-refractivity contribution in [2.45, 2.75) is 19.1 Å². The minimum atomic E-state index is -4.71. The minimum absolute atomic E-state index is 0.0458. The van der Waals surface area contributed by atoms with Crippen LogP contribution in [0.2, 0.25) is 0 Å². The molecule has 0 unspecified atom stereocenters. The molecule has 0 spiro atoms. The molecule has 0 radical (unpaired) electrons. The van der Waals surface area contributed by atoms with Gasteiger partial charge >= 0.3 is 12.1 Å². The number of alkyl halides is 3. The Hall–Kier alpha value is -3.34. The first-order valence-electron chi connectivity index (χ1n) is 8.88. The summed E-state index contributed by atoms with van der Waals surface area (Å²) in [6.45, 7) is 2.48. The van der Waals surface area contributed by atoms with Gasteiger partial charge in [-0.15, -0.1) is 0 Å². The summed E-state index contributed by atoms with van der Waals surface area (Å²) in [6.07, 6.45) is -2.32. The second-order valence-corrected chi connectivity index (χ2v) is 6.36. The maximum absolute atomic E-state index is 13.9. The number of benzene rings is 1. The van der Waals surface area contributed by atoms with E-state index < -0.39 is 29.6 Å². The number of likely N-dealkylation sites (N-methyl/N-ethyl adjacent to an activating group) is 1. The van der Waals surface area contributed by atoms with Crippen LogP contribution in [0, 0.1) is 5.82 Å². The number of nitrogens with one attached hydrogen (secondary N) is 2. The zero-order chi connectivity index (χ0) is 21.9. The van der Waals surface area contributed by atoms with Crippen LogP contribution in [0.25, 0.3) is 11.0 Å².